The molecule has 1 atom stereocenters. The predicted molar refractivity (Wildman–Crippen MR) is 88.0 cm³/mol. The number of nitrogens with two attached hydrogens (primary N) is 1. The van der Waals surface area contributed by atoms with Gasteiger partial charge < -0.3 is 11.1 Å². The van der Waals surface area contributed by atoms with Crippen LogP contribution in [0.15, 0.2) is 48.7 Å². The topological polar surface area (TPSA) is 68.0 Å². The number of hydrogen-bond acceptors (Lipinski definition) is 3. The molecule has 0 saturated heterocycles. The van der Waals surface area contributed by atoms with E-state index >= 15 is 0 Å². The SMILES string of the molecule is Cc1ccc(NC(=O)C(Cc2ccccc2)C(N)=S)cn1. The van der Waals surface area contributed by atoms with Gasteiger partial charge in [0, 0.05) is 5.69 Å². The number of carbonyl (C=O) groups is 1. The Morgan fingerprint density at radius 1 is 1.29 bits per heavy atom. The van der Waals surface area contributed by atoms with Crippen LogP contribution in [0.3, 0.4) is 0 Å². The minimum Gasteiger partial charge on any atom is -0.393 e. The molecule has 0 aliphatic rings. The molecule has 1 aromatic heterocycles. The van der Waals surface area contributed by atoms with Gasteiger partial charge in [-0.1, -0.05) is 42.5 Å². The van der Waals surface area contributed by atoms with Gasteiger partial charge in [-0.25, -0.2) is 0 Å². The molecule has 0 radical (unpaired) electrons. The molecule has 4 nitrogen and oxygen atoms in total. The van der Waals surface area contributed by atoms with Crippen molar-refractivity contribution >= 4 is 28.8 Å². The molecule has 1 aromatic carbocycles. The number of amides is 1. The van der Waals surface area contributed by atoms with Crippen LogP contribution in [0.4, 0.5) is 5.69 Å². The summed E-state index contributed by atoms with van der Waals surface area (Å²) in [7, 11) is 0. The van der Waals surface area contributed by atoms with Crippen LogP contribution < -0.4 is 11.1 Å². The molecule has 2 rings (SSSR count). The summed E-state index contributed by atoms with van der Waals surface area (Å²) < 4.78 is 0. The number of rotatable bonds is 5. The lowest BCUT2D eigenvalue weighted by molar-refractivity contribution is -0.118. The number of aryl methyl sites for hydroxylation is 1. The van der Waals surface area contributed by atoms with Gasteiger partial charge in [0.2, 0.25) is 5.91 Å². The normalized spacial score (nSPS) is 11.7. The fourth-order valence-corrected chi connectivity index (χ4v) is 2.13. The largest absolute Gasteiger partial charge is 0.393 e. The molecule has 0 spiro atoms. The molecular weight excluding hydrogens is 282 g/mol. The van der Waals surface area contributed by atoms with Gasteiger partial charge in [-0.05, 0) is 31.0 Å². The number of benzene rings is 1. The lowest BCUT2D eigenvalue weighted by atomic mass is 9.98. The zero-order valence-corrected chi connectivity index (χ0v) is 12.6. The third-order valence-corrected chi connectivity index (χ3v) is 3.41. The molecule has 1 heterocycles. The summed E-state index contributed by atoms with van der Waals surface area (Å²) >= 11 is 5.03. The van der Waals surface area contributed by atoms with Crippen molar-refractivity contribution in [3.05, 3.63) is 59.9 Å². The fourth-order valence-electron chi connectivity index (χ4n) is 1.94. The van der Waals surface area contributed by atoms with E-state index in [-0.39, 0.29) is 10.9 Å². The Morgan fingerprint density at radius 2 is 2.00 bits per heavy atom. The van der Waals surface area contributed by atoms with Crippen molar-refractivity contribution in [3.63, 3.8) is 0 Å². The third kappa shape index (κ3) is 4.36. The van der Waals surface area contributed by atoms with E-state index < -0.39 is 5.92 Å². The van der Waals surface area contributed by atoms with Crippen molar-refractivity contribution in [2.45, 2.75) is 13.3 Å². The Kier molecular flexibility index (Phi) is 5.00. The fraction of sp³-hybridized carbons (Fsp3) is 0.188. The molecular formula is C16H17N3OS. The van der Waals surface area contributed by atoms with Gasteiger partial charge in [0.15, 0.2) is 0 Å². The van der Waals surface area contributed by atoms with Crippen LogP contribution in [0.1, 0.15) is 11.3 Å². The number of hydrogen-bond donors (Lipinski definition) is 2. The van der Waals surface area contributed by atoms with E-state index in [9.17, 15) is 4.79 Å². The minimum absolute atomic E-state index is 0.191. The van der Waals surface area contributed by atoms with Crippen LogP contribution in [0.2, 0.25) is 0 Å². The zero-order chi connectivity index (χ0) is 15.2. The number of carbonyl (C=O) groups excluding carboxylic acids is 1. The predicted octanol–water partition coefficient (Wildman–Crippen LogP) is 2.47. The van der Waals surface area contributed by atoms with Crippen LogP contribution >= 0.6 is 12.2 Å². The molecule has 0 aliphatic carbocycles. The molecule has 108 valence electrons. The van der Waals surface area contributed by atoms with E-state index in [1.165, 1.54) is 0 Å². The molecule has 0 bridgehead atoms. The van der Waals surface area contributed by atoms with Crippen molar-refractivity contribution in [1.82, 2.24) is 4.98 Å². The zero-order valence-electron chi connectivity index (χ0n) is 11.7. The van der Waals surface area contributed by atoms with Gasteiger partial charge in [0.05, 0.1) is 22.8 Å². The summed E-state index contributed by atoms with van der Waals surface area (Å²) in [6, 6.07) is 13.3. The Morgan fingerprint density at radius 3 is 2.57 bits per heavy atom. The monoisotopic (exact) mass is 299 g/mol. The van der Waals surface area contributed by atoms with Gasteiger partial charge >= 0.3 is 0 Å². The molecule has 0 aliphatic heterocycles. The van der Waals surface area contributed by atoms with E-state index in [0.717, 1.165) is 11.3 Å². The highest BCUT2D eigenvalue weighted by Crippen LogP contribution is 2.13. The van der Waals surface area contributed by atoms with Crippen LogP contribution in [0, 0.1) is 12.8 Å². The first-order valence-corrected chi connectivity index (χ1v) is 7.04. The van der Waals surface area contributed by atoms with E-state index in [1.54, 1.807) is 12.3 Å². The van der Waals surface area contributed by atoms with Crippen molar-refractivity contribution in [1.29, 1.82) is 0 Å². The second kappa shape index (κ2) is 6.95. The Hall–Kier alpha value is -2.27. The van der Waals surface area contributed by atoms with E-state index in [1.807, 2.05) is 43.3 Å². The maximum absolute atomic E-state index is 12.3. The van der Waals surface area contributed by atoms with E-state index in [0.29, 0.717) is 12.1 Å². The van der Waals surface area contributed by atoms with Gasteiger partial charge in [0.25, 0.3) is 0 Å². The molecule has 0 saturated carbocycles. The molecule has 1 amide bonds. The highest BCUT2D eigenvalue weighted by atomic mass is 32.1. The lowest BCUT2D eigenvalue weighted by Gasteiger charge is -2.15. The van der Waals surface area contributed by atoms with Crippen LogP contribution in [-0.2, 0) is 11.2 Å². The first-order valence-electron chi connectivity index (χ1n) is 6.63. The quantitative estimate of drug-likeness (QED) is 0.832. The van der Waals surface area contributed by atoms with Crippen LogP contribution in [0.25, 0.3) is 0 Å². The van der Waals surface area contributed by atoms with E-state index in [2.05, 4.69) is 10.3 Å². The highest BCUT2D eigenvalue weighted by Gasteiger charge is 2.22. The lowest BCUT2D eigenvalue weighted by Crippen LogP contribution is -2.34. The summed E-state index contributed by atoms with van der Waals surface area (Å²) in [5, 5.41) is 2.80. The Balaban J connectivity index is 2.09. The van der Waals surface area contributed by atoms with Crippen LogP contribution in [-0.4, -0.2) is 15.9 Å². The maximum Gasteiger partial charge on any atom is 0.234 e. The molecule has 3 N–H and O–H groups in total. The first kappa shape index (κ1) is 15.1. The van der Waals surface area contributed by atoms with Gasteiger partial charge in [-0.15, -0.1) is 0 Å². The number of nitrogens with zero attached hydrogens (tertiary/aromatic N) is 1. The summed E-state index contributed by atoms with van der Waals surface area (Å²) in [6.45, 7) is 1.89. The smallest absolute Gasteiger partial charge is 0.234 e. The van der Waals surface area contributed by atoms with Crippen molar-refractivity contribution < 1.29 is 4.79 Å². The number of aromatic nitrogens is 1. The minimum atomic E-state index is -0.538. The summed E-state index contributed by atoms with van der Waals surface area (Å²) in [5.74, 6) is -0.749. The standard InChI is InChI=1S/C16H17N3OS/c1-11-7-8-13(10-18-11)19-16(20)14(15(17)21)9-12-5-3-2-4-6-12/h2-8,10,14H,9H2,1H3,(H2,17,21)(H,19,20). The second-order valence-electron chi connectivity index (χ2n) is 4.82. The van der Waals surface area contributed by atoms with Gasteiger partial charge in [-0.2, -0.15) is 0 Å². The Labute approximate surface area is 129 Å². The summed E-state index contributed by atoms with van der Waals surface area (Å²) in [6.07, 6.45) is 2.10. The van der Waals surface area contributed by atoms with Crippen molar-refractivity contribution in [2.75, 3.05) is 5.32 Å². The molecule has 2 aromatic rings. The molecule has 21 heavy (non-hydrogen) atoms. The van der Waals surface area contributed by atoms with Crippen molar-refractivity contribution in [2.24, 2.45) is 11.7 Å². The number of pyridine rings is 1. The summed E-state index contributed by atoms with van der Waals surface area (Å²) in [4.78, 5) is 16.7. The molecule has 0 fully saturated rings. The number of thiocarbonyl (C=S) groups is 1. The second-order valence-corrected chi connectivity index (χ2v) is 5.29. The third-order valence-electron chi connectivity index (χ3n) is 3.12. The number of nitrogens with one attached hydrogen (secondary N) is 1. The Bertz CT molecular complexity index is 626. The average molecular weight is 299 g/mol. The summed E-state index contributed by atoms with van der Waals surface area (Å²) in [5.41, 5.74) is 8.27. The van der Waals surface area contributed by atoms with Crippen molar-refractivity contribution in [3.8, 4) is 0 Å². The highest BCUT2D eigenvalue weighted by molar-refractivity contribution is 7.80. The molecule has 1 unspecified atom stereocenters. The number of anilines is 1. The first-order chi connectivity index (χ1) is 10.1. The van der Waals surface area contributed by atoms with Gasteiger partial charge in [-0.3, -0.25) is 9.78 Å². The molecule has 5 heteroatoms. The van der Waals surface area contributed by atoms with Crippen LogP contribution in [0.5, 0.6) is 0 Å². The van der Waals surface area contributed by atoms with Gasteiger partial charge in [0.1, 0.15) is 0 Å². The van der Waals surface area contributed by atoms with E-state index in [4.69, 9.17) is 18.0 Å². The average Bonchev–Trinajstić information content (AvgIpc) is 2.48. The maximum atomic E-state index is 12.3.